The lowest BCUT2D eigenvalue weighted by Crippen LogP contribution is -2.49. The van der Waals surface area contributed by atoms with E-state index in [9.17, 15) is 17.6 Å². The monoisotopic (exact) mass is 261 g/mol. The molecule has 1 N–H and O–H groups in total. The summed E-state index contributed by atoms with van der Waals surface area (Å²) in [7, 11) is 0. The minimum absolute atomic E-state index is 0.143. The van der Waals surface area contributed by atoms with Gasteiger partial charge in [-0.05, 0) is 43.9 Å². The lowest BCUT2D eigenvalue weighted by molar-refractivity contribution is -0.167. The number of nitrogens with one attached hydrogen (secondary N) is 1. The summed E-state index contributed by atoms with van der Waals surface area (Å²) in [5, 5.41) is 2.65. The van der Waals surface area contributed by atoms with Crippen molar-refractivity contribution in [2.24, 2.45) is 0 Å². The molecule has 1 aliphatic carbocycles. The maximum Gasteiger partial charge on any atom is 0.406 e. The minimum atomic E-state index is -4.19. The van der Waals surface area contributed by atoms with Crippen LogP contribution in [-0.2, 0) is 6.42 Å². The van der Waals surface area contributed by atoms with Crippen LogP contribution in [-0.4, -0.2) is 17.8 Å². The summed E-state index contributed by atoms with van der Waals surface area (Å²) in [5.74, 6) is -0.340. The summed E-state index contributed by atoms with van der Waals surface area (Å²) in [6.07, 6.45) is -3.45. The average Bonchev–Trinajstić information content (AvgIpc) is 3.01. The van der Waals surface area contributed by atoms with Crippen molar-refractivity contribution >= 4 is 0 Å². The van der Waals surface area contributed by atoms with Crippen molar-refractivity contribution in [3.63, 3.8) is 0 Å². The summed E-state index contributed by atoms with van der Waals surface area (Å²) in [6.45, 7) is 1.72. The molecule has 1 saturated carbocycles. The molecule has 0 bridgehead atoms. The lowest BCUT2D eigenvalue weighted by atomic mass is 10.1. The van der Waals surface area contributed by atoms with Gasteiger partial charge in [0.05, 0.1) is 0 Å². The van der Waals surface area contributed by atoms with Crippen LogP contribution in [0.5, 0.6) is 0 Å². The van der Waals surface area contributed by atoms with Crippen LogP contribution >= 0.6 is 0 Å². The second-order valence-corrected chi connectivity index (χ2v) is 4.96. The zero-order chi connectivity index (χ0) is 13.4. The maximum atomic E-state index is 12.7. The van der Waals surface area contributed by atoms with Gasteiger partial charge in [-0.2, -0.15) is 13.2 Å². The van der Waals surface area contributed by atoms with E-state index in [-0.39, 0.29) is 24.7 Å². The van der Waals surface area contributed by atoms with Crippen LogP contribution in [0, 0.1) is 5.82 Å². The van der Waals surface area contributed by atoms with Crippen molar-refractivity contribution in [3.05, 3.63) is 35.6 Å². The van der Waals surface area contributed by atoms with E-state index in [0.29, 0.717) is 6.42 Å². The molecule has 1 fully saturated rings. The van der Waals surface area contributed by atoms with Crippen molar-refractivity contribution in [2.75, 3.05) is 0 Å². The van der Waals surface area contributed by atoms with E-state index in [2.05, 4.69) is 5.32 Å². The van der Waals surface area contributed by atoms with Gasteiger partial charge in [-0.1, -0.05) is 12.1 Å². The highest BCUT2D eigenvalue weighted by atomic mass is 19.4. The lowest BCUT2D eigenvalue weighted by Gasteiger charge is -2.25. The van der Waals surface area contributed by atoms with Crippen LogP contribution in [0.25, 0.3) is 0 Å². The van der Waals surface area contributed by atoms with Crippen molar-refractivity contribution in [3.8, 4) is 0 Å². The van der Waals surface area contributed by atoms with Crippen LogP contribution in [0.2, 0.25) is 0 Å². The topological polar surface area (TPSA) is 12.0 Å². The third-order valence-corrected chi connectivity index (χ3v) is 3.27. The number of alkyl halides is 3. The van der Waals surface area contributed by atoms with E-state index in [0.717, 1.165) is 5.56 Å². The van der Waals surface area contributed by atoms with Gasteiger partial charge in [0.1, 0.15) is 11.4 Å². The number of halogens is 4. The molecule has 1 aromatic carbocycles. The SMILES string of the molecule is CC(Cc1ccc(F)cc1)NC1(C(F)(F)F)CC1. The predicted octanol–water partition coefficient (Wildman–Crippen LogP) is 3.44. The van der Waals surface area contributed by atoms with E-state index in [1.54, 1.807) is 19.1 Å². The minimum Gasteiger partial charge on any atom is -0.301 e. The van der Waals surface area contributed by atoms with Gasteiger partial charge in [0.15, 0.2) is 0 Å². The molecule has 0 saturated heterocycles. The van der Waals surface area contributed by atoms with Gasteiger partial charge in [-0.3, -0.25) is 0 Å². The van der Waals surface area contributed by atoms with Crippen LogP contribution < -0.4 is 5.32 Å². The van der Waals surface area contributed by atoms with Gasteiger partial charge in [0.2, 0.25) is 0 Å². The van der Waals surface area contributed by atoms with Crippen LogP contribution in [0.1, 0.15) is 25.3 Å². The summed E-state index contributed by atoms with van der Waals surface area (Å²) in [4.78, 5) is 0. The smallest absolute Gasteiger partial charge is 0.301 e. The van der Waals surface area contributed by atoms with Gasteiger partial charge >= 0.3 is 6.18 Å². The average molecular weight is 261 g/mol. The molecular formula is C13H15F4N. The van der Waals surface area contributed by atoms with Gasteiger partial charge in [-0.15, -0.1) is 0 Å². The second kappa shape index (κ2) is 4.53. The highest BCUT2D eigenvalue weighted by Crippen LogP contribution is 2.49. The van der Waals surface area contributed by atoms with Gasteiger partial charge in [-0.25, -0.2) is 4.39 Å². The first kappa shape index (κ1) is 13.3. The molecular weight excluding hydrogens is 246 g/mol. The molecule has 0 aromatic heterocycles. The maximum absolute atomic E-state index is 12.7. The highest BCUT2D eigenvalue weighted by molar-refractivity contribution is 5.18. The Bertz CT molecular complexity index is 406. The molecule has 5 heteroatoms. The summed E-state index contributed by atoms with van der Waals surface area (Å²) in [5.41, 5.74) is -0.860. The van der Waals surface area contributed by atoms with E-state index >= 15 is 0 Å². The van der Waals surface area contributed by atoms with Crippen LogP contribution in [0.3, 0.4) is 0 Å². The summed E-state index contributed by atoms with van der Waals surface area (Å²) < 4.78 is 50.9. The molecule has 1 atom stereocenters. The zero-order valence-electron chi connectivity index (χ0n) is 10.0. The van der Waals surface area contributed by atoms with E-state index in [1.807, 2.05) is 0 Å². The molecule has 0 spiro atoms. The summed E-state index contributed by atoms with van der Waals surface area (Å²) in [6, 6.07) is 5.54. The highest BCUT2D eigenvalue weighted by Gasteiger charge is 2.63. The van der Waals surface area contributed by atoms with Crippen molar-refractivity contribution < 1.29 is 17.6 Å². The normalized spacial score (nSPS) is 19.6. The zero-order valence-corrected chi connectivity index (χ0v) is 10.0. The molecule has 1 unspecified atom stereocenters. The Morgan fingerprint density at radius 1 is 1.22 bits per heavy atom. The van der Waals surface area contributed by atoms with E-state index in [4.69, 9.17) is 0 Å². The van der Waals surface area contributed by atoms with Crippen LogP contribution in [0.4, 0.5) is 17.6 Å². The molecule has 1 aliphatic rings. The van der Waals surface area contributed by atoms with Gasteiger partial charge < -0.3 is 5.32 Å². The third kappa shape index (κ3) is 2.83. The second-order valence-electron chi connectivity index (χ2n) is 4.96. The molecule has 18 heavy (non-hydrogen) atoms. The number of benzene rings is 1. The van der Waals surface area contributed by atoms with Crippen molar-refractivity contribution in [2.45, 2.75) is 43.9 Å². The van der Waals surface area contributed by atoms with E-state index in [1.165, 1.54) is 12.1 Å². The Kier molecular flexibility index (Phi) is 3.36. The quantitative estimate of drug-likeness (QED) is 0.819. The Morgan fingerprint density at radius 3 is 2.22 bits per heavy atom. The first-order valence-electron chi connectivity index (χ1n) is 5.91. The fraction of sp³-hybridized carbons (Fsp3) is 0.538. The van der Waals surface area contributed by atoms with Crippen molar-refractivity contribution in [1.82, 2.24) is 5.32 Å². The molecule has 0 heterocycles. The van der Waals surface area contributed by atoms with Gasteiger partial charge in [0, 0.05) is 6.04 Å². The molecule has 0 amide bonds. The Morgan fingerprint density at radius 2 is 1.78 bits per heavy atom. The first-order chi connectivity index (χ1) is 8.32. The molecule has 1 aromatic rings. The Hall–Kier alpha value is -1.10. The number of rotatable bonds is 4. The van der Waals surface area contributed by atoms with Crippen LogP contribution in [0.15, 0.2) is 24.3 Å². The third-order valence-electron chi connectivity index (χ3n) is 3.27. The molecule has 0 aliphatic heterocycles. The number of hydrogen-bond acceptors (Lipinski definition) is 1. The Labute approximate surface area is 103 Å². The number of hydrogen-bond donors (Lipinski definition) is 1. The molecule has 1 nitrogen and oxygen atoms in total. The fourth-order valence-electron chi connectivity index (χ4n) is 2.13. The van der Waals surface area contributed by atoms with Crippen molar-refractivity contribution in [1.29, 1.82) is 0 Å². The Balaban J connectivity index is 1.93. The van der Waals surface area contributed by atoms with E-state index < -0.39 is 11.7 Å². The molecule has 0 radical (unpaired) electrons. The first-order valence-corrected chi connectivity index (χ1v) is 5.91. The van der Waals surface area contributed by atoms with Gasteiger partial charge in [0.25, 0.3) is 0 Å². The summed E-state index contributed by atoms with van der Waals surface area (Å²) >= 11 is 0. The molecule has 2 rings (SSSR count). The standard InChI is InChI=1S/C13H15F4N/c1-9(8-10-2-4-11(14)5-3-10)18-12(6-7-12)13(15,16)17/h2-5,9,18H,6-8H2,1H3. The molecule has 100 valence electrons. The fourth-order valence-corrected chi connectivity index (χ4v) is 2.13. The predicted molar refractivity (Wildman–Crippen MR) is 60.7 cm³/mol. The largest absolute Gasteiger partial charge is 0.406 e.